The first kappa shape index (κ1) is 15.1. The second-order valence-electron chi connectivity index (χ2n) is 7.33. The fraction of sp³-hybridized carbons (Fsp3) is 0.421. The van der Waals surface area contributed by atoms with Crippen molar-refractivity contribution in [2.45, 2.75) is 12.8 Å². The molecule has 0 N–H and O–H groups in total. The number of hydrogen-bond donors (Lipinski definition) is 0. The Hall–Kier alpha value is -2.14. The predicted molar refractivity (Wildman–Crippen MR) is 91.9 cm³/mol. The molecule has 4 aliphatic rings. The average Bonchev–Trinajstić information content (AvgIpc) is 3.34. The Balaban J connectivity index is 1.37. The van der Waals surface area contributed by atoms with E-state index in [9.17, 15) is 14.4 Å². The molecule has 128 valence electrons. The molecule has 0 unspecified atom stereocenters. The Labute approximate surface area is 150 Å². The second kappa shape index (κ2) is 5.18. The fourth-order valence-electron chi connectivity index (χ4n) is 4.95. The summed E-state index contributed by atoms with van der Waals surface area (Å²) in [6, 6.07) is 5.50. The van der Waals surface area contributed by atoms with E-state index in [4.69, 9.17) is 11.6 Å². The summed E-state index contributed by atoms with van der Waals surface area (Å²) in [4.78, 5) is 41.0. The summed E-state index contributed by atoms with van der Waals surface area (Å²) in [6.45, 7) is 0.389. The van der Waals surface area contributed by atoms with E-state index in [0.29, 0.717) is 11.6 Å². The highest BCUT2D eigenvalue weighted by atomic mass is 35.5. The number of amides is 3. The third-order valence-electron chi connectivity index (χ3n) is 6.10. The first-order valence-corrected chi connectivity index (χ1v) is 9.05. The van der Waals surface area contributed by atoms with Gasteiger partial charge < -0.3 is 4.90 Å². The summed E-state index contributed by atoms with van der Waals surface area (Å²) in [5, 5.41) is 0.573. The molecule has 2 bridgehead atoms. The molecule has 5 rings (SSSR count). The number of allylic oxidation sites excluding steroid dienone is 2. The summed E-state index contributed by atoms with van der Waals surface area (Å²) in [5.41, 5.74) is 1.86. The zero-order valence-corrected chi connectivity index (χ0v) is 14.3. The number of anilines is 1. The number of carbonyl (C=O) groups excluding carboxylic acids is 3. The minimum atomic E-state index is -0.254. The van der Waals surface area contributed by atoms with Crippen molar-refractivity contribution in [3.63, 3.8) is 0 Å². The number of imide groups is 1. The van der Waals surface area contributed by atoms with Crippen LogP contribution in [0.15, 0.2) is 30.4 Å². The van der Waals surface area contributed by atoms with Gasteiger partial charge in [0.25, 0.3) is 0 Å². The lowest BCUT2D eigenvalue weighted by atomic mass is 9.85. The molecule has 0 radical (unpaired) electrons. The highest BCUT2D eigenvalue weighted by Gasteiger charge is 2.59. The van der Waals surface area contributed by atoms with Gasteiger partial charge in [-0.3, -0.25) is 19.3 Å². The molecule has 2 aliphatic carbocycles. The molecular weight excluding hydrogens is 340 g/mol. The van der Waals surface area contributed by atoms with Crippen LogP contribution in [0.3, 0.4) is 0 Å². The van der Waals surface area contributed by atoms with Gasteiger partial charge in [0.2, 0.25) is 17.7 Å². The zero-order chi connectivity index (χ0) is 17.3. The summed E-state index contributed by atoms with van der Waals surface area (Å²) < 4.78 is 0. The van der Waals surface area contributed by atoms with Crippen LogP contribution in [0.4, 0.5) is 5.69 Å². The molecule has 1 saturated heterocycles. The SMILES string of the molecule is O=C1[C@H]2[C@H](C(=O)N1CC(=O)N1CCc3ccc(Cl)cc31)[C@H]1C=C[C@H]2C1. The topological polar surface area (TPSA) is 57.7 Å². The van der Waals surface area contributed by atoms with Gasteiger partial charge in [-0.1, -0.05) is 29.8 Å². The number of benzene rings is 1. The van der Waals surface area contributed by atoms with Crippen molar-refractivity contribution < 1.29 is 14.4 Å². The number of carbonyl (C=O) groups is 3. The van der Waals surface area contributed by atoms with Crippen LogP contribution in [-0.4, -0.2) is 35.7 Å². The minimum absolute atomic E-state index is 0.165. The van der Waals surface area contributed by atoms with Crippen molar-refractivity contribution in [2.24, 2.45) is 23.7 Å². The van der Waals surface area contributed by atoms with E-state index in [2.05, 4.69) is 12.2 Å². The van der Waals surface area contributed by atoms with Crippen molar-refractivity contribution in [3.8, 4) is 0 Å². The monoisotopic (exact) mass is 356 g/mol. The molecule has 1 aromatic rings. The molecule has 2 aliphatic heterocycles. The molecular formula is C19H17ClN2O3. The van der Waals surface area contributed by atoms with Crippen molar-refractivity contribution in [2.75, 3.05) is 18.0 Å². The number of nitrogens with zero attached hydrogens (tertiary/aromatic N) is 2. The van der Waals surface area contributed by atoms with E-state index in [1.807, 2.05) is 12.1 Å². The van der Waals surface area contributed by atoms with Crippen LogP contribution in [0.2, 0.25) is 5.02 Å². The van der Waals surface area contributed by atoms with Crippen LogP contribution in [-0.2, 0) is 20.8 Å². The second-order valence-corrected chi connectivity index (χ2v) is 7.77. The number of fused-ring (bicyclic) bond motifs is 6. The molecule has 0 spiro atoms. The molecule has 2 fully saturated rings. The summed E-state index contributed by atoms with van der Waals surface area (Å²) >= 11 is 6.05. The standard InChI is InChI=1S/C19H17ClN2O3/c20-13-4-3-10-5-6-21(14(10)8-13)15(23)9-22-18(24)16-11-1-2-12(7-11)17(16)19(22)25/h1-4,8,11-12,16-17H,5-7,9H2/t11-,12-,16+,17+/m0/s1. The van der Waals surface area contributed by atoms with Gasteiger partial charge >= 0.3 is 0 Å². The Morgan fingerprint density at radius 1 is 1.12 bits per heavy atom. The molecule has 4 atom stereocenters. The quantitative estimate of drug-likeness (QED) is 0.602. The highest BCUT2D eigenvalue weighted by molar-refractivity contribution is 6.31. The summed E-state index contributed by atoms with van der Waals surface area (Å²) in [5.74, 6) is -0.749. The zero-order valence-electron chi connectivity index (χ0n) is 13.5. The molecule has 1 aromatic carbocycles. The van der Waals surface area contributed by atoms with E-state index in [0.717, 1.165) is 24.1 Å². The average molecular weight is 357 g/mol. The van der Waals surface area contributed by atoms with Crippen molar-refractivity contribution in [3.05, 3.63) is 40.9 Å². The van der Waals surface area contributed by atoms with Gasteiger partial charge in [0.15, 0.2) is 0 Å². The molecule has 0 aromatic heterocycles. The van der Waals surface area contributed by atoms with Crippen LogP contribution in [0.25, 0.3) is 0 Å². The largest absolute Gasteiger partial charge is 0.310 e. The van der Waals surface area contributed by atoms with E-state index >= 15 is 0 Å². The summed E-state index contributed by atoms with van der Waals surface area (Å²) in [6.07, 6.45) is 5.77. The molecule has 1 saturated carbocycles. The lowest BCUT2D eigenvalue weighted by Crippen LogP contribution is -2.43. The van der Waals surface area contributed by atoms with Crippen LogP contribution < -0.4 is 4.90 Å². The normalized spacial score (nSPS) is 31.9. The van der Waals surface area contributed by atoms with Crippen molar-refractivity contribution >= 4 is 35.0 Å². The Bertz CT molecular complexity index is 819. The van der Waals surface area contributed by atoms with Gasteiger partial charge in [0, 0.05) is 17.3 Å². The smallest absolute Gasteiger partial charge is 0.247 e. The Morgan fingerprint density at radius 3 is 2.48 bits per heavy atom. The van der Waals surface area contributed by atoms with E-state index in [1.165, 1.54) is 4.90 Å². The lowest BCUT2D eigenvalue weighted by molar-refractivity contribution is -0.143. The van der Waals surface area contributed by atoms with Crippen molar-refractivity contribution in [1.29, 1.82) is 0 Å². The number of hydrogen-bond acceptors (Lipinski definition) is 3. The summed E-state index contributed by atoms with van der Waals surface area (Å²) in [7, 11) is 0. The fourth-order valence-corrected chi connectivity index (χ4v) is 5.12. The van der Waals surface area contributed by atoms with Gasteiger partial charge in [-0.2, -0.15) is 0 Å². The van der Waals surface area contributed by atoms with Crippen molar-refractivity contribution in [1.82, 2.24) is 4.90 Å². The van der Waals surface area contributed by atoms with Gasteiger partial charge in [0.05, 0.1) is 11.8 Å². The Kier molecular flexibility index (Phi) is 3.14. The van der Waals surface area contributed by atoms with E-state index in [-0.39, 0.29) is 47.9 Å². The van der Waals surface area contributed by atoms with Gasteiger partial charge in [-0.15, -0.1) is 0 Å². The molecule has 2 heterocycles. The number of likely N-dealkylation sites (tertiary alicyclic amines) is 1. The van der Waals surface area contributed by atoms with E-state index < -0.39 is 0 Å². The van der Waals surface area contributed by atoms with Gasteiger partial charge in [-0.25, -0.2) is 0 Å². The van der Waals surface area contributed by atoms with Crippen LogP contribution in [0.5, 0.6) is 0 Å². The number of halogens is 1. The predicted octanol–water partition coefficient (Wildman–Crippen LogP) is 2.04. The minimum Gasteiger partial charge on any atom is -0.310 e. The van der Waals surface area contributed by atoms with Gasteiger partial charge in [-0.05, 0) is 42.4 Å². The lowest BCUT2D eigenvalue weighted by Gasteiger charge is -2.22. The maximum atomic E-state index is 12.8. The highest BCUT2D eigenvalue weighted by Crippen LogP contribution is 2.52. The molecule has 25 heavy (non-hydrogen) atoms. The van der Waals surface area contributed by atoms with Crippen LogP contribution >= 0.6 is 11.6 Å². The number of rotatable bonds is 2. The van der Waals surface area contributed by atoms with Crippen LogP contribution in [0.1, 0.15) is 12.0 Å². The van der Waals surface area contributed by atoms with E-state index in [1.54, 1.807) is 11.0 Å². The maximum absolute atomic E-state index is 12.8. The molecule has 5 nitrogen and oxygen atoms in total. The van der Waals surface area contributed by atoms with Gasteiger partial charge in [0.1, 0.15) is 6.54 Å². The molecule has 6 heteroatoms. The van der Waals surface area contributed by atoms with Crippen LogP contribution in [0, 0.1) is 23.7 Å². The third kappa shape index (κ3) is 2.05. The maximum Gasteiger partial charge on any atom is 0.247 e. The third-order valence-corrected chi connectivity index (χ3v) is 6.33. The first-order valence-electron chi connectivity index (χ1n) is 8.67. The Morgan fingerprint density at radius 2 is 1.80 bits per heavy atom. The first-order chi connectivity index (χ1) is 12.0. The molecule has 3 amide bonds.